The summed E-state index contributed by atoms with van der Waals surface area (Å²) < 4.78 is 62.3. The maximum atomic E-state index is 12.0. The number of alkyl halides is 3. The molecule has 0 atom stereocenters. The third-order valence-corrected chi connectivity index (χ3v) is 3.71. The van der Waals surface area contributed by atoms with Gasteiger partial charge in [0.15, 0.2) is 0 Å². The molecule has 1 aromatic rings. The summed E-state index contributed by atoms with van der Waals surface area (Å²) in [5.41, 5.74) is 0.356. The van der Waals surface area contributed by atoms with Crippen molar-refractivity contribution in [3.05, 3.63) is 24.3 Å². The Hall–Kier alpha value is -1.81. The monoisotopic (exact) mass is 325 g/mol. The molecule has 10 heteroatoms. The summed E-state index contributed by atoms with van der Waals surface area (Å²) in [7, 11) is -0.981. The van der Waals surface area contributed by atoms with E-state index in [-0.39, 0.29) is 11.4 Å². The van der Waals surface area contributed by atoms with E-state index in [4.69, 9.17) is 0 Å². The highest BCUT2D eigenvalue weighted by atomic mass is 32.2. The molecule has 1 rings (SSSR count). The second-order valence-electron chi connectivity index (χ2n) is 4.31. The average Bonchev–Trinajstić information content (AvgIpc) is 2.28. The Morgan fingerprint density at radius 3 is 2.05 bits per heavy atom. The molecule has 0 aliphatic heterocycles. The predicted molar refractivity (Wildman–Crippen MR) is 72.0 cm³/mol. The quantitative estimate of drug-likeness (QED) is 0.866. The highest BCUT2D eigenvalue weighted by Crippen LogP contribution is 2.21. The van der Waals surface area contributed by atoms with E-state index in [0.717, 1.165) is 4.31 Å². The lowest BCUT2D eigenvalue weighted by Crippen LogP contribution is -2.28. The highest BCUT2D eigenvalue weighted by molar-refractivity contribution is 7.90. The summed E-state index contributed by atoms with van der Waals surface area (Å²) in [6.45, 7) is 0. The molecule has 1 aromatic carbocycles. The number of halogens is 3. The molecule has 0 heterocycles. The van der Waals surface area contributed by atoms with Crippen molar-refractivity contribution in [2.45, 2.75) is 12.6 Å². The van der Waals surface area contributed by atoms with E-state index in [1.54, 1.807) is 0 Å². The van der Waals surface area contributed by atoms with Gasteiger partial charge in [0, 0.05) is 25.5 Å². The van der Waals surface area contributed by atoms with Crippen molar-refractivity contribution in [2.24, 2.45) is 0 Å². The third kappa shape index (κ3) is 6.00. The van der Waals surface area contributed by atoms with Gasteiger partial charge in [-0.05, 0) is 24.3 Å². The van der Waals surface area contributed by atoms with Crippen LogP contribution in [0.3, 0.4) is 0 Å². The number of nitrogens with one attached hydrogen (secondary N) is 2. The maximum absolute atomic E-state index is 12.0. The Morgan fingerprint density at radius 1 is 1.14 bits per heavy atom. The number of carbonyl (C=O) groups excluding carboxylic acids is 1. The Labute approximate surface area is 120 Å². The normalized spacial score (nSPS) is 12.3. The first kappa shape index (κ1) is 17.2. The summed E-state index contributed by atoms with van der Waals surface area (Å²) in [6.07, 6.45) is -6.16. The molecule has 0 unspecified atom stereocenters. The molecule has 0 radical (unpaired) electrons. The smallest absolute Gasteiger partial charge is 0.326 e. The minimum Gasteiger partial charge on any atom is -0.326 e. The molecule has 21 heavy (non-hydrogen) atoms. The largest absolute Gasteiger partial charge is 0.397 e. The summed E-state index contributed by atoms with van der Waals surface area (Å²) in [5.74, 6) is -1.19. The van der Waals surface area contributed by atoms with Gasteiger partial charge in [-0.2, -0.15) is 25.9 Å². The zero-order chi connectivity index (χ0) is 16.3. The van der Waals surface area contributed by atoms with Crippen molar-refractivity contribution in [2.75, 3.05) is 24.1 Å². The molecule has 2 N–H and O–H groups in total. The predicted octanol–water partition coefficient (Wildman–Crippen LogP) is 1.80. The van der Waals surface area contributed by atoms with Gasteiger partial charge in [-0.3, -0.25) is 9.52 Å². The van der Waals surface area contributed by atoms with Crippen LogP contribution in [-0.2, 0) is 15.0 Å². The number of hydrogen-bond donors (Lipinski definition) is 2. The van der Waals surface area contributed by atoms with E-state index in [1.165, 1.54) is 38.4 Å². The van der Waals surface area contributed by atoms with Gasteiger partial charge in [-0.25, -0.2) is 0 Å². The first-order valence-electron chi connectivity index (χ1n) is 5.66. The fourth-order valence-corrected chi connectivity index (χ4v) is 1.87. The van der Waals surface area contributed by atoms with Crippen molar-refractivity contribution in [3.8, 4) is 0 Å². The molecular formula is C11H14F3N3O3S. The van der Waals surface area contributed by atoms with Crippen LogP contribution in [0.5, 0.6) is 0 Å². The van der Waals surface area contributed by atoms with Gasteiger partial charge in [-0.15, -0.1) is 0 Å². The van der Waals surface area contributed by atoms with Gasteiger partial charge >= 0.3 is 16.4 Å². The average molecular weight is 325 g/mol. The van der Waals surface area contributed by atoms with Crippen LogP contribution in [0, 0.1) is 0 Å². The highest BCUT2D eigenvalue weighted by Gasteiger charge is 2.31. The Bertz CT molecular complexity index is 597. The van der Waals surface area contributed by atoms with Crippen molar-refractivity contribution in [1.82, 2.24) is 4.31 Å². The third-order valence-electron chi connectivity index (χ3n) is 2.26. The second kappa shape index (κ2) is 6.31. The zero-order valence-corrected chi connectivity index (χ0v) is 12.0. The van der Waals surface area contributed by atoms with Crippen LogP contribution in [0.25, 0.3) is 0 Å². The van der Waals surface area contributed by atoms with Crippen LogP contribution in [0.15, 0.2) is 24.3 Å². The number of amides is 1. The summed E-state index contributed by atoms with van der Waals surface area (Å²) in [4.78, 5) is 11.1. The standard InChI is InChI=1S/C11H14F3N3O3S/c1-17(2)21(19,20)16-9-5-3-8(4-6-9)15-10(18)7-11(12,13)14/h3-6,16H,7H2,1-2H3,(H,15,18). The lowest BCUT2D eigenvalue weighted by atomic mass is 10.3. The number of rotatable bonds is 5. The SMILES string of the molecule is CN(C)S(=O)(=O)Nc1ccc(NC(=O)CC(F)(F)F)cc1. The Morgan fingerprint density at radius 2 is 1.62 bits per heavy atom. The first-order chi connectivity index (χ1) is 9.49. The summed E-state index contributed by atoms with van der Waals surface area (Å²) >= 11 is 0. The number of benzene rings is 1. The van der Waals surface area contributed by atoms with Crippen LogP contribution in [0.1, 0.15) is 6.42 Å². The molecule has 0 saturated heterocycles. The molecule has 0 fully saturated rings. The lowest BCUT2D eigenvalue weighted by molar-refractivity contribution is -0.150. The molecule has 0 aromatic heterocycles. The van der Waals surface area contributed by atoms with E-state index < -0.39 is 28.7 Å². The van der Waals surface area contributed by atoms with Gasteiger partial charge in [0.2, 0.25) is 5.91 Å². The molecule has 0 saturated carbocycles. The van der Waals surface area contributed by atoms with Crippen molar-refractivity contribution in [3.63, 3.8) is 0 Å². The Kier molecular flexibility index (Phi) is 5.18. The lowest BCUT2D eigenvalue weighted by Gasteiger charge is -2.13. The molecule has 0 aliphatic carbocycles. The second-order valence-corrected chi connectivity index (χ2v) is 6.19. The summed E-state index contributed by atoms with van der Waals surface area (Å²) in [6, 6.07) is 5.23. The van der Waals surface area contributed by atoms with Gasteiger partial charge in [-0.1, -0.05) is 0 Å². The molecule has 118 valence electrons. The van der Waals surface area contributed by atoms with Crippen LogP contribution in [0.4, 0.5) is 24.5 Å². The van der Waals surface area contributed by atoms with Gasteiger partial charge in [0.05, 0.1) is 0 Å². The van der Waals surface area contributed by atoms with Gasteiger partial charge in [0.25, 0.3) is 0 Å². The number of carbonyl (C=O) groups is 1. The van der Waals surface area contributed by atoms with E-state index in [2.05, 4.69) is 10.0 Å². The molecule has 6 nitrogen and oxygen atoms in total. The molecule has 1 amide bonds. The fourth-order valence-electron chi connectivity index (χ4n) is 1.25. The van der Waals surface area contributed by atoms with Crippen molar-refractivity contribution in [1.29, 1.82) is 0 Å². The van der Waals surface area contributed by atoms with Crippen LogP contribution in [0.2, 0.25) is 0 Å². The Balaban J connectivity index is 2.69. The maximum Gasteiger partial charge on any atom is 0.397 e. The van der Waals surface area contributed by atoms with E-state index in [9.17, 15) is 26.4 Å². The molecule has 0 aliphatic rings. The fraction of sp³-hybridized carbons (Fsp3) is 0.364. The molecular weight excluding hydrogens is 311 g/mol. The minimum atomic E-state index is -4.58. The van der Waals surface area contributed by atoms with Crippen LogP contribution >= 0.6 is 0 Å². The minimum absolute atomic E-state index is 0.136. The van der Waals surface area contributed by atoms with Crippen LogP contribution < -0.4 is 10.0 Å². The zero-order valence-electron chi connectivity index (χ0n) is 11.2. The first-order valence-corrected chi connectivity index (χ1v) is 7.10. The number of anilines is 2. The van der Waals surface area contributed by atoms with Gasteiger partial charge < -0.3 is 5.32 Å². The molecule has 0 spiro atoms. The van der Waals surface area contributed by atoms with E-state index in [0.29, 0.717) is 0 Å². The van der Waals surface area contributed by atoms with Crippen molar-refractivity contribution >= 4 is 27.5 Å². The van der Waals surface area contributed by atoms with Gasteiger partial charge in [0.1, 0.15) is 6.42 Å². The topological polar surface area (TPSA) is 78.5 Å². The molecule has 0 bridgehead atoms. The number of hydrogen-bond acceptors (Lipinski definition) is 3. The summed E-state index contributed by atoms with van der Waals surface area (Å²) in [5, 5.41) is 2.06. The van der Waals surface area contributed by atoms with Crippen LogP contribution in [-0.4, -0.2) is 38.9 Å². The van der Waals surface area contributed by atoms with Crippen molar-refractivity contribution < 1.29 is 26.4 Å². The number of nitrogens with zero attached hydrogens (tertiary/aromatic N) is 1. The van der Waals surface area contributed by atoms with E-state index >= 15 is 0 Å². The van der Waals surface area contributed by atoms with E-state index in [1.807, 2.05) is 0 Å².